The highest BCUT2D eigenvalue weighted by Crippen LogP contribution is 2.40. The molecule has 0 N–H and O–H groups in total. The normalized spacial score (nSPS) is 25.4. The van der Waals surface area contributed by atoms with Crippen molar-refractivity contribution in [1.29, 1.82) is 0 Å². The number of ketones is 1. The Morgan fingerprint density at radius 3 is 2.15 bits per heavy atom. The molecule has 0 aliphatic carbocycles. The van der Waals surface area contributed by atoms with Gasteiger partial charge in [-0.2, -0.15) is 13.2 Å². The molecule has 2 aliphatic rings. The van der Waals surface area contributed by atoms with E-state index in [1.165, 1.54) is 0 Å². The van der Waals surface area contributed by atoms with Crippen LogP contribution in [0.3, 0.4) is 0 Å². The molecule has 0 saturated carbocycles. The second kappa shape index (κ2) is 6.80. The van der Waals surface area contributed by atoms with E-state index in [0.717, 1.165) is 25.0 Å². The quantitative estimate of drug-likeness (QED) is 0.707. The molecule has 2 bridgehead atoms. The van der Waals surface area contributed by atoms with E-state index in [-0.39, 0.29) is 35.6 Å². The Bertz CT molecular complexity index is 711. The first-order valence-corrected chi connectivity index (χ1v) is 9.04. The minimum atomic E-state index is -4.48. The van der Waals surface area contributed by atoms with Gasteiger partial charge in [0.05, 0.1) is 5.56 Å². The summed E-state index contributed by atoms with van der Waals surface area (Å²) in [7, 11) is 0. The zero-order chi connectivity index (χ0) is 20.0. The second-order valence-corrected chi connectivity index (χ2v) is 8.24. The van der Waals surface area contributed by atoms with E-state index in [0.29, 0.717) is 19.0 Å². The third-order valence-corrected chi connectivity index (χ3v) is 5.05. The number of carbonyl (C=O) groups excluding carboxylic acids is 2. The minimum Gasteiger partial charge on any atom is -0.444 e. The maximum atomic E-state index is 12.7. The largest absolute Gasteiger partial charge is 0.444 e. The smallest absolute Gasteiger partial charge is 0.417 e. The number of hydrogen-bond acceptors (Lipinski definition) is 4. The predicted octanol–water partition coefficient (Wildman–Crippen LogP) is 4.46. The Labute approximate surface area is 155 Å². The number of carbonyl (C=O) groups is 2. The molecule has 0 aromatic carbocycles. The van der Waals surface area contributed by atoms with Crippen LogP contribution >= 0.6 is 0 Å². The maximum Gasteiger partial charge on any atom is 0.417 e. The predicted molar refractivity (Wildman–Crippen MR) is 91.2 cm³/mol. The Balaban J connectivity index is 1.69. The van der Waals surface area contributed by atoms with Crippen molar-refractivity contribution in [2.75, 3.05) is 0 Å². The third kappa shape index (κ3) is 4.25. The van der Waals surface area contributed by atoms with Crippen molar-refractivity contribution in [3.8, 4) is 0 Å². The molecule has 0 spiro atoms. The van der Waals surface area contributed by atoms with Crippen LogP contribution in [0.15, 0.2) is 18.3 Å². The van der Waals surface area contributed by atoms with E-state index in [4.69, 9.17) is 4.74 Å². The summed E-state index contributed by atoms with van der Waals surface area (Å²) >= 11 is 0. The van der Waals surface area contributed by atoms with E-state index in [1.54, 1.807) is 25.7 Å². The van der Waals surface area contributed by atoms with Crippen molar-refractivity contribution in [2.24, 2.45) is 5.92 Å². The van der Waals surface area contributed by atoms with Gasteiger partial charge in [0.25, 0.3) is 0 Å². The van der Waals surface area contributed by atoms with Crippen LogP contribution in [0.1, 0.15) is 62.5 Å². The summed E-state index contributed by atoms with van der Waals surface area (Å²) in [6.45, 7) is 5.41. The lowest BCUT2D eigenvalue weighted by atomic mass is 9.86. The first-order chi connectivity index (χ1) is 12.5. The van der Waals surface area contributed by atoms with Gasteiger partial charge in [0.1, 0.15) is 11.3 Å². The lowest BCUT2D eigenvalue weighted by molar-refractivity contribution is -0.137. The summed E-state index contributed by atoms with van der Waals surface area (Å²) in [6, 6.07) is 1.85. The Morgan fingerprint density at radius 1 is 1.11 bits per heavy atom. The molecule has 2 aliphatic heterocycles. The van der Waals surface area contributed by atoms with Gasteiger partial charge in [-0.3, -0.25) is 9.78 Å². The summed E-state index contributed by atoms with van der Waals surface area (Å²) in [4.78, 5) is 30.6. The number of rotatable bonds is 2. The van der Waals surface area contributed by atoms with Gasteiger partial charge < -0.3 is 9.64 Å². The lowest BCUT2D eigenvalue weighted by Gasteiger charge is -2.38. The second-order valence-electron chi connectivity index (χ2n) is 8.24. The first kappa shape index (κ1) is 19.6. The van der Waals surface area contributed by atoms with E-state index in [1.807, 2.05) is 0 Å². The van der Waals surface area contributed by atoms with Crippen molar-refractivity contribution in [3.05, 3.63) is 29.6 Å². The van der Waals surface area contributed by atoms with E-state index >= 15 is 0 Å². The molecule has 5 nitrogen and oxygen atoms in total. The van der Waals surface area contributed by atoms with Crippen LogP contribution in [-0.4, -0.2) is 39.4 Å². The van der Waals surface area contributed by atoms with Crippen LogP contribution in [0, 0.1) is 5.92 Å². The molecule has 27 heavy (non-hydrogen) atoms. The highest BCUT2D eigenvalue weighted by atomic mass is 19.4. The standard InChI is InChI=1S/C19H23F3N2O3/c1-18(2,3)27-17(26)24-13-5-6-14(24)9-11(8-13)16(25)15-7-4-12(10-23-15)19(20,21)22/h4,7,10-11,13-14H,5-6,8-9H2,1-3H3. The molecule has 1 amide bonds. The number of ether oxygens (including phenoxy) is 1. The van der Waals surface area contributed by atoms with Crippen LogP contribution in [0.25, 0.3) is 0 Å². The zero-order valence-electron chi connectivity index (χ0n) is 15.5. The van der Waals surface area contributed by atoms with Gasteiger partial charge in [0.15, 0.2) is 5.78 Å². The van der Waals surface area contributed by atoms with Crippen molar-refractivity contribution < 1.29 is 27.5 Å². The number of nitrogens with zero attached hydrogens (tertiary/aromatic N) is 2. The van der Waals surface area contributed by atoms with Gasteiger partial charge in [0.2, 0.25) is 0 Å². The molecule has 0 radical (unpaired) electrons. The van der Waals surface area contributed by atoms with Crippen LogP contribution < -0.4 is 0 Å². The monoisotopic (exact) mass is 384 g/mol. The van der Waals surface area contributed by atoms with Crippen molar-refractivity contribution in [3.63, 3.8) is 0 Å². The number of piperidine rings is 1. The molecular formula is C19H23F3N2O3. The van der Waals surface area contributed by atoms with Crippen molar-refractivity contribution >= 4 is 11.9 Å². The summed E-state index contributed by atoms with van der Waals surface area (Å²) in [6.07, 6.45) is -1.59. The molecular weight excluding hydrogens is 361 g/mol. The van der Waals surface area contributed by atoms with Gasteiger partial charge in [-0.05, 0) is 58.6 Å². The summed E-state index contributed by atoms with van der Waals surface area (Å²) in [5.41, 5.74) is -1.43. The molecule has 2 fully saturated rings. The van der Waals surface area contributed by atoms with Crippen LogP contribution in [0.5, 0.6) is 0 Å². The zero-order valence-corrected chi connectivity index (χ0v) is 15.5. The molecule has 3 rings (SSSR count). The number of halogens is 3. The van der Waals surface area contributed by atoms with Crippen LogP contribution in [-0.2, 0) is 10.9 Å². The molecule has 2 atom stereocenters. The van der Waals surface area contributed by atoms with Gasteiger partial charge in [-0.25, -0.2) is 4.79 Å². The minimum absolute atomic E-state index is 0.0399. The Hall–Kier alpha value is -2.12. The molecule has 1 aromatic rings. The fourth-order valence-corrected chi connectivity index (χ4v) is 3.92. The molecule has 8 heteroatoms. The fraction of sp³-hybridized carbons (Fsp3) is 0.632. The molecule has 148 valence electrons. The van der Waals surface area contributed by atoms with Gasteiger partial charge in [-0.1, -0.05) is 0 Å². The number of aromatic nitrogens is 1. The van der Waals surface area contributed by atoms with Gasteiger partial charge in [-0.15, -0.1) is 0 Å². The topological polar surface area (TPSA) is 59.5 Å². The van der Waals surface area contributed by atoms with E-state index in [9.17, 15) is 22.8 Å². The molecule has 3 heterocycles. The molecule has 2 unspecified atom stereocenters. The third-order valence-electron chi connectivity index (χ3n) is 5.05. The summed E-state index contributed by atoms with van der Waals surface area (Å²) in [5, 5.41) is 0. The van der Waals surface area contributed by atoms with Crippen molar-refractivity contribution in [2.45, 2.75) is 70.3 Å². The van der Waals surface area contributed by atoms with Gasteiger partial charge >= 0.3 is 12.3 Å². The fourth-order valence-electron chi connectivity index (χ4n) is 3.92. The van der Waals surface area contributed by atoms with E-state index in [2.05, 4.69) is 4.98 Å². The first-order valence-electron chi connectivity index (χ1n) is 9.04. The Kier molecular flexibility index (Phi) is 4.94. The summed E-state index contributed by atoms with van der Waals surface area (Å²) in [5.74, 6) is -0.602. The SMILES string of the molecule is CC(C)(C)OC(=O)N1C2CCC1CC(C(=O)c1ccc(C(F)(F)F)cn1)C2. The van der Waals surface area contributed by atoms with Crippen molar-refractivity contribution in [1.82, 2.24) is 9.88 Å². The number of pyridine rings is 1. The average molecular weight is 384 g/mol. The van der Waals surface area contributed by atoms with Crippen LogP contribution in [0.4, 0.5) is 18.0 Å². The highest BCUT2D eigenvalue weighted by Gasteiger charge is 2.46. The molecule has 2 saturated heterocycles. The summed E-state index contributed by atoms with van der Waals surface area (Å²) < 4.78 is 43.4. The van der Waals surface area contributed by atoms with Crippen LogP contribution in [0.2, 0.25) is 0 Å². The lowest BCUT2D eigenvalue weighted by Crippen LogP contribution is -2.49. The number of fused-ring (bicyclic) bond motifs is 2. The number of alkyl halides is 3. The average Bonchev–Trinajstić information content (AvgIpc) is 2.82. The van der Waals surface area contributed by atoms with E-state index < -0.39 is 17.3 Å². The number of hydrogen-bond donors (Lipinski definition) is 0. The molecule has 1 aromatic heterocycles. The number of amides is 1. The maximum absolute atomic E-state index is 12.7. The Morgan fingerprint density at radius 2 is 1.70 bits per heavy atom. The number of Topliss-reactive ketones (excluding diaryl/α,β-unsaturated/α-hetero) is 1. The van der Waals surface area contributed by atoms with Gasteiger partial charge in [0, 0.05) is 24.2 Å². The highest BCUT2D eigenvalue weighted by molar-refractivity contribution is 5.96.